The first-order chi connectivity index (χ1) is 13.1. The van der Waals surface area contributed by atoms with Gasteiger partial charge < -0.3 is 10.6 Å². The van der Waals surface area contributed by atoms with Crippen molar-refractivity contribution in [1.29, 1.82) is 5.26 Å². The van der Waals surface area contributed by atoms with Gasteiger partial charge in [-0.05, 0) is 37.5 Å². The van der Waals surface area contributed by atoms with E-state index in [1.165, 1.54) is 11.3 Å². The van der Waals surface area contributed by atoms with Crippen LogP contribution in [0.5, 0.6) is 0 Å². The van der Waals surface area contributed by atoms with Gasteiger partial charge in [0.15, 0.2) is 0 Å². The highest BCUT2D eigenvalue weighted by atomic mass is 32.1. The summed E-state index contributed by atoms with van der Waals surface area (Å²) in [5, 5.41) is 9.42. The monoisotopic (exact) mass is 379 g/mol. The summed E-state index contributed by atoms with van der Waals surface area (Å²) in [6.07, 6.45) is 1.96. The van der Waals surface area contributed by atoms with E-state index in [9.17, 15) is 10.1 Å². The lowest BCUT2D eigenvalue weighted by atomic mass is 10.1. The molecule has 1 aliphatic rings. The Morgan fingerprint density at radius 2 is 2.22 bits per heavy atom. The van der Waals surface area contributed by atoms with E-state index < -0.39 is 0 Å². The van der Waals surface area contributed by atoms with E-state index in [2.05, 4.69) is 11.0 Å². The SMILES string of the molecule is Cc1cc2nc(N3CCC[C@@H](N)C3)n(Cc3ccccc3C#N)c(=O)c2s1. The minimum absolute atomic E-state index is 0.0556. The maximum absolute atomic E-state index is 13.3. The second kappa shape index (κ2) is 7.14. The van der Waals surface area contributed by atoms with E-state index in [1.54, 1.807) is 10.6 Å². The molecular weight excluding hydrogens is 358 g/mol. The number of hydrogen-bond acceptors (Lipinski definition) is 6. The van der Waals surface area contributed by atoms with Crippen molar-refractivity contribution in [2.75, 3.05) is 18.0 Å². The molecule has 2 N–H and O–H groups in total. The third-order valence-electron chi connectivity index (χ3n) is 4.94. The molecule has 1 aromatic carbocycles. The van der Waals surface area contributed by atoms with Gasteiger partial charge in [0, 0.05) is 24.0 Å². The van der Waals surface area contributed by atoms with Crippen molar-refractivity contribution in [2.45, 2.75) is 32.4 Å². The molecule has 2 aromatic heterocycles. The molecule has 7 heteroatoms. The molecule has 6 nitrogen and oxygen atoms in total. The zero-order chi connectivity index (χ0) is 19.0. The van der Waals surface area contributed by atoms with Crippen molar-refractivity contribution in [3.05, 3.63) is 56.7 Å². The lowest BCUT2D eigenvalue weighted by Gasteiger charge is -2.33. The summed E-state index contributed by atoms with van der Waals surface area (Å²) in [6.45, 7) is 3.82. The molecule has 1 atom stereocenters. The van der Waals surface area contributed by atoms with E-state index in [0.717, 1.165) is 35.3 Å². The Morgan fingerprint density at radius 1 is 1.41 bits per heavy atom. The summed E-state index contributed by atoms with van der Waals surface area (Å²) in [5.41, 5.74) is 8.25. The molecule has 1 saturated heterocycles. The first kappa shape index (κ1) is 17.7. The molecule has 1 fully saturated rings. The Hall–Kier alpha value is -2.69. The smallest absolute Gasteiger partial charge is 0.273 e. The number of nitrogens with two attached hydrogens (primary N) is 1. The van der Waals surface area contributed by atoms with Crippen LogP contribution in [0.4, 0.5) is 5.95 Å². The van der Waals surface area contributed by atoms with Crippen LogP contribution in [0.3, 0.4) is 0 Å². The highest BCUT2D eigenvalue weighted by Gasteiger charge is 2.23. The number of aryl methyl sites for hydroxylation is 1. The van der Waals surface area contributed by atoms with Gasteiger partial charge in [-0.2, -0.15) is 5.26 Å². The Labute approximate surface area is 161 Å². The predicted octanol–water partition coefficient (Wildman–Crippen LogP) is 2.61. The summed E-state index contributed by atoms with van der Waals surface area (Å²) in [7, 11) is 0. The largest absolute Gasteiger partial charge is 0.341 e. The normalized spacial score (nSPS) is 17.2. The molecule has 0 bridgehead atoms. The standard InChI is InChI=1S/C20H21N5OS/c1-13-9-17-18(27-13)19(26)25(11-15-6-3-2-5-14(15)10-21)20(23-17)24-8-4-7-16(22)12-24/h2-3,5-6,9,16H,4,7-8,11-12,22H2,1H3/t16-/m1/s1. The molecule has 0 unspecified atom stereocenters. The van der Waals surface area contributed by atoms with Crippen LogP contribution in [-0.2, 0) is 6.54 Å². The fourth-order valence-electron chi connectivity index (χ4n) is 3.63. The van der Waals surface area contributed by atoms with Gasteiger partial charge in [-0.3, -0.25) is 9.36 Å². The van der Waals surface area contributed by atoms with Crippen LogP contribution in [0.15, 0.2) is 35.1 Å². The van der Waals surface area contributed by atoms with Crippen LogP contribution in [0.25, 0.3) is 10.2 Å². The summed E-state index contributed by atoms with van der Waals surface area (Å²) in [6, 6.07) is 11.6. The molecule has 138 valence electrons. The molecule has 0 saturated carbocycles. The third-order valence-corrected chi connectivity index (χ3v) is 5.97. The number of rotatable bonds is 3. The van der Waals surface area contributed by atoms with Gasteiger partial charge in [0.1, 0.15) is 4.70 Å². The van der Waals surface area contributed by atoms with Gasteiger partial charge in [0.2, 0.25) is 5.95 Å². The fourth-order valence-corrected chi connectivity index (χ4v) is 4.53. The fraction of sp³-hybridized carbons (Fsp3) is 0.350. The van der Waals surface area contributed by atoms with Gasteiger partial charge >= 0.3 is 0 Å². The average molecular weight is 379 g/mol. The molecule has 3 aromatic rings. The van der Waals surface area contributed by atoms with E-state index >= 15 is 0 Å². The molecule has 0 aliphatic carbocycles. The second-order valence-corrected chi connectivity index (χ2v) is 8.25. The van der Waals surface area contributed by atoms with E-state index in [0.29, 0.717) is 29.3 Å². The van der Waals surface area contributed by atoms with Crippen molar-refractivity contribution in [1.82, 2.24) is 9.55 Å². The highest BCUT2D eigenvalue weighted by molar-refractivity contribution is 7.18. The quantitative estimate of drug-likeness (QED) is 0.756. The number of fused-ring (bicyclic) bond motifs is 1. The van der Waals surface area contributed by atoms with Crippen LogP contribution in [0, 0.1) is 18.3 Å². The third kappa shape index (κ3) is 3.34. The minimum Gasteiger partial charge on any atom is -0.341 e. The number of nitrogens with zero attached hydrogens (tertiary/aromatic N) is 4. The van der Waals surface area contributed by atoms with Gasteiger partial charge in [0.25, 0.3) is 5.56 Å². The van der Waals surface area contributed by atoms with Crippen LogP contribution < -0.4 is 16.2 Å². The average Bonchev–Trinajstić information content (AvgIpc) is 3.05. The highest BCUT2D eigenvalue weighted by Crippen LogP contribution is 2.25. The van der Waals surface area contributed by atoms with Crippen LogP contribution >= 0.6 is 11.3 Å². The number of thiophene rings is 1. The van der Waals surface area contributed by atoms with Crippen LogP contribution in [-0.4, -0.2) is 28.7 Å². The Balaban J connectivity index is 1.88. The first-order valence-electron chi connectivity index (χ1n) is 9.06. The zero-order valence-electron chi connectivity index (χ0n) is 15.2. The lowest BCUT2D eigenvalue weighted by molar-refractivity contribution is 0.492. The minimum atomic E-state index is -0.0556. The molecule has 0 spiro atoms. The van der Waals surface area contributed by atoms with E-state index in [-0.39, 0.29) is 11.6 Å². The number of piperidine rings is 1. The Morgan fingerprint density at radius 3 is 3.00 bits per heavy atom. The van der Waals surface area contributed by atoms with E-state index in [1.807, 2.05) is 31.2 Å². The Kier molecular flexibility index (Phi) is 4.68. The first-order valence-corrected chi connectivity index (χ1v) is 9.88. The number of nitriles is 1. The van der Waals surface area contributed by atoms with Crippen LogP contribution in [0.2, 0.25) is 0 Å². The summed E-state index contributed by atoms with van der Waals surface area (Å²) in [4.78, 5) is 21.3. The number of aromatic nitrogens is 2. The lowest BCUT2D eigenvalue weighted by Crippen LogP contribution is -2.45. The predicted molar refractivity (Wildman–Crippen MR) is 108 cm³/mol. The molecule has 0 radical (unpaired) electrons. The number of anilines is 1. The summed E-state index contributed by atoms with van der Waals surface area (Å²) < 4.78 is 2.36. The molecular formula is C20H21N5OS. The maximum atomic E-state index is 13.3. The van der Waals surface area contributed by atoms with Crippen molar-refractivity contribution in [2.24, 2.45) is 5.73 Å². The van der Waals surface area contributed by atoms with Gasteiger partial charge in [-0.1, -0.05) is 18.2 Å². The van der Waals surface area contributed by atoms with Crippen molar-refractivity contribution in [3.63, 3.8) is 0 Å². The molecule has 1 aliphatic heterocycles. The molecule has 27 heavy (non-hydrogen) atoms. The van der Waals surface area contributed by atoms with Gasteiger partial charge in [-0.15, -0.1) is 11.3 Å². The van der Waals surface area contributed by atoms with E-state index in [4.69, 9.17) is 10.7 Å². The zero-order valence-corrected chi connectivity index (χ0v) is 16.0. The molecule has 0 amide bonds. The van der Waals surface area contributed by atoms with Crippen molar-refractivity contribution < 1.29 is 0 Å². The number of benzene rings is 1. The topological polar surface area (TPSA) is 87.9 Å². The molecule has 4 rings (SSSR count). The van der Waals surface area contributed by atoms with Gasteiger partial charge in [0.05, 0.1) is 23.7 Å². The summed E-state index contributed by atoms with van der Waals surface area (Å²) in [5.74, 6) is 0.646. The molecule has 3 heterocycles. The van der Waals surface area contributed by atoms with Crippen LogP contribution in [0.1, 0.15) is 28.8 Å². The summed E-state index contributed by atoms with van der Waals surface area (Å²) >= 11 is 1.47. The van der Waals surface area contributed by atoms with Gasteiger partial charge in [-0.25, -0.2) is 4.98 Å². The second-order valence-electron chi connectivity index (χ2n) is 6.99. The Bertz CT molecular complexity index is 1090. The maximum Gasteiger partial charge on any atom is 0.273 e. The van der Waals surface area contributed by atoms with Crippen molar-refractivity contribution >= 4 is 27.5 Å². The van der Waals surface area contributed by atoms with Crippen molar-refractivity contribution in [3.8, 4) is 6.07 Å². The number of hydrogen-bond donors (Lipinski definition) is 1.